The standard InChI is InChI=1S/C15H20O3/c1-10-12(15(2,3)7-6-13(10)16)5-4-11-8-14(17)18-9-11/h4-5,8,10,12H,6-7,9H2,1-3H3. The zero-order chi connectivity index (χ0) is 13.3. The molecule has 98 valence electrons. The van der Waals surface area contributed by atoms with Crippen LogP contribution in [0.15, 0.2) is 23.8 Å². The van der Waals surface area contributed by atoms with Crippen molar-refractivity contribution in [2.45, 2.75) is 33.6 Å². The maximum atomic E-state index is 11.8. The maximum Gasteiger partial charge on any atom is 0.331 e. The third kappa shape index (κ3) is 2.55. The fourth-order valence-electron chi connectivity index (χ4n) is 2.86. The summed E-state index contributed by atoms with van der Waals surface area (Å²) in [6.45, 7) is 6.76. The molecule has 2 aliphatic rings. The van der Waals surface area contributed by atoms with Gasteiger partial charge in [0.25, 0.3) is 0 Å². The lowest BCUT2D eigenvalue weighted by Gasteiger charge is -2.40. The molecule has 0 amide bonds. The van der Waals surface area contributed by atoms with E-state index in [4.69, 9.17) is 4.74 Å². The average Bonchev–Trinajstić information content (AvgIpc) is 2.70. The number of hydrogen-bond acceptors (Lipinski definition) is 3. The minimum absolute atomic E-state index is 0.0589. The highest BCUT2D eigenvalue weighted by atomic mass is 16.5. The Kier molecular flexibility index (Phi) is 3.42. The van der Waals surface area contributed by atoms with Crippen molar-refractivity contribution in [1.82, 2.24) is 0 Å². The number of carbonyl (C=O) groups is 2. The van der Waals surface area contributed by atoms with E-state index in [1.54, 1.807) is 0 Å². The second-order valence-corrected chi connectivity index (χ2v) is 5.96. The predicted molar refractivity (Wildman–Crippen MR) is 68.9 cm³/mol. The maximum absolute atomic E-state index is 11.8. The van der Waals surface area contributed by atoms with Crippen LogP contribution < -0.4 is 0 Å². The van der Waals surface area contributed by atoms with Gasteiger partial charge in [0.05, 0.1) is 0 Å². The second-order valence-electron chi connectivity index (χ2n) is 5.96. The number of esters is 1. The van der Waals surface area contributed by atoms with Gasteiger partial charge in [-0.25, -0.2) is 4.79 Å². The van der Waals surface area contributed by atoms with Gasteiger partial charge in [-0.05, 0) is 23.3 Å². The van der Waals surface area contributed by atoms with E-state index in [0.717, 1.165) is 12.0 Å². The highest BCUT2D eigenvalue weighted by molar-refractivity contribution is 5.86. The Hall–Kier alpha value is -1.38. The normalized spacial score (nSPS) is 31.6. The van der Waals surface area contributed by atoms with Crippen LogP contribution in [-0.2, 0) is 14.3 Å². The topological polar surface area (TPSA) is 43.4 Å². The molecule has 0 aromatic heterocycles. The van der Waals surface area contributed by atoms with Crippen LogP contribution in [0.2, 0.25) is 0 Å². The second kappa shape index (κ2) is 4.71. The fraction of sp³-hybridized carbons (Fsp3) is 0.600. The van der Waals surface area contributed by atoms with E-state index in [1.165, 1.54) is 6.08 Å². The van der Waals surface area contributed by atoms with Gasteiger partial charge in [-0.1, -0.05) is 32.9 Å². The molecule has 2 atom stereocenters. The first-order chi connectivity index (χ1) is 8.40. The van der Waals surface area contributed by atoms with Gasteiger partial charge < -0.3 is 4.74 Å². The minimum atomic E-state index is -0.276. The molecule has 0 radical (unpaired) electrons. The van der Waals surface area contributed by atoms with Crippen molar-refractivity contribution in [3.63, 3.8) is 0 Å². The van der Waals surface area contributed by atoms with E-state index >= 15 is 0 Å². The quantitative estimate of drug-likeness (QED) is 0.706. The Morgan fingerprint density at radius 1 is 1.39 bits per heavy atom. The minimum Gasteiger partial charge on any atom is -0.458 e. The smallest absolute Gasteiger partial charge is 0.331 e. The Morgan fingerprint density at radius 3 is 2.72 bits per heavy atom. The molecule has 2 rings (SSSR count). The Bertz CT molecular complexity index is 429. The highest BCUT2D eigenvalue weighted by Gasteiger charge is 2.39. The van der Waals surface area contributed by atoms with Crippen molar-refractivity contribution in [2.75, 3.05) is 6.61 Å². The van der Waals surface area contributed by atoms with Crippen LogP contribution in [0.25, 0.3) is 0 Å². The predicted octanol–water partition coefficient (Wildman–Crippen LogP) is 2.67. The largest absolute Gasteiger partial charge is 0.458 e. The first-order valence-electron chi connectivity index (χ1n) is 6.48. The van der Waals surface area contributed by atoms with Crippen LogP contribution in [0.3, 0.4) is 0 Å². The zero-order valence-corrected chi connectivity index (χ0v) is 11.2. The molecule has 3 nitrogen and oxygen atoms in total. The van der Waals surface area contributed by atoms with Gasteiger partial charge in [0.2, 0.25) is 0 Å². The number of rotatable bonds is 2. The summed E-state index contributed by atoms with van der Waals surface area (Å²) in [5.74, 6) is 0.359. The first kappa shape index (κ1) is 13.1. The van der Waals surface area contributed by atoms with E-state index in [2.05, 4.69) is 19.9 Å². The molecule has 0 spiro atoms. The van der Waals surface area contributed by atoms with Crippen molar-refractivity contribution in [3.8, 4) is 0 Å². The van der Waals surface area contributed by atoms with Crippen molar-refractivity contribution < 1.29 is 14.3 Å². The third-order valence-electron chi connectivity index (χ3n) is 4.17. The van der Waals surface area contributed by atoms with Crippen molar-refractivity contribution in [2.24, 2.45) is 17.3 Å². The summed E-state index contributed by atoms with van der Waals surface area (Å²) in [6, 6.07) is 0. The van der Waals surface area contributed by atoms with Crippen LogP contribution in [0, 0.1) is 17.3 Å². The van der Waals surface area contributed by atoms with Gasteiger partial charge >= 0.3 is 5.97 Å². The van der Waals surface area contributed by atoms with Crippen LogP contribution in [-0.4, -0.2) is 18.4 Å². The number of allylic oxidation sites excluding steroid dienone is 1. The monoisotopic (exact) mass is 248 g/mol. The molecule has 0 N–H and O–H groups in total. The lowest BCUT2D eigenvalue weighted by molar-refractivity contribution is -0.135. The van der Waals surface area contributed by atoms with E-state index < -0.39 is 0 Å². The lowest BCUT2D eigenvalue weighted by atomic mass is 9.63. The molecule has 1 saturated carbocycles. The van der Waals surface area contributed by atoms with Gasteiger partial charge in [0.15, 0.2) is 0 Å². The summed E-state index contributed by atoms with van der Waals surface area (Å²) in [4.78, 5) is 22.8. The molecule has 1 fully saturated rings. The number of ether oxygens (including phenoxy) is 1. The van der Waals surface area contributed by atoms with Crippen LogP contribution >= 0.6 is 0 Å². The molecule has 0 aromatic carbocycles. The molecule has 2 unspecified atom stereocenters. The average molecular weight is 248 g/mol. The fourth-order valence-corrected chi connectivity index (χ4v) is 2.86. The molecule has 18 heavy (non-hydrogen) atoms. The van der Waals surface area contributed by atoms with Crippen molar-refractivity contribution in [1.29, 1.82) is 0 Å². The van der Waals surface area contributed by atoms with Gasteiger partial charge in [0.1, 0.15) is 12.4 Å². The third-order valence-corrected chi connectivity index (χ3v) is 4.17. The van der Waals surface area contributed by atoms with Gasteiger partial charge in [-0.3, -0.25) is 4.79 Å². The number of Topliss-reactive ketones (excluding diaryl/α,β-unsaturated/α-hetero) is 1. The lowest BCUT2D eigenvalue weighted by Crippen LogP contribution is -2.37. The molecular weight excluding hydrogens is 228 g/mol. The molecule has 0 aromatic rings. The zero-order valence-electron chi connectivity index (χ0n) is 11.2. The van der Waals surface area contributed by atoms with Gasteiger partial charge in [-0.15, -0.1) is 0 Å². The SMILES string of the molecule is CC1C(=O)CCC(C)(C)C1C=CC1=CC(=O)OC1. The molecule has 1 heterocycles. The van der Waals surface area contributed by atoms with Crippen LogP contribution in [0.1, 0.15) is 33.6 Å². The Morgan fingerprint density at radius 2 is 2.11 bits per heavy atom. The highest BCUT2D eigenvalue weighted by Crippen LogP contribution is 2.43. The number of hydrogen-bond donors (Lipinski definition) is 0. The van der Waals surface area contributed by atoms with Crippen LogP contribution in [0.5, 0.6) is 0 Å². The first-order valence-corrected chi connectivity index (χ1v) is 6.48. The van der Waals surface area contributed by atoms with E-state index in [0.29, 0.717) is 18.8 Å². The van der Waals surface area contributed by atoms with Gasteiger partial charge in [0, 0.05) is 18.4 Å². The van der Waals surface area contributed by atoms with Gasteiger partial charge in [-0.2, -0.15) is 0 Å². The Balaban J connectivity index is 2.14. The number of ketones is 1. The molecule has 1 aliphatic heterocycles. The van der Waals surface area contributed by atoms with Crippen molar-refractivity contribution in [3.05, 3.63) is 23.8 Å². The van der Waals surface area contributed by atoms with Crippen molar-refractivity contribution >= 4 is 11.8 Å². The summed E-state index contributed by atoms with van der Waals surface area (Å²) in [5.41, 5.74) is 1.02. The molecular formula is C15H20O3. The summed E-state index contributed by atoms with van der Waals surface area (Å²) in [7, 11) is 0. The summed E-state index contributed by atoms with van der Waals surface area (Å²) in [6.07, 6.45) is 7.14. The summed E-state index contributed by atoms with van der Waals surface area (Å²) < 4.78 is 4.86. The summed E-state index contributed by atoms with van der Waals surface area (Å²) >= 11 is 0. The van der Waals surface area contributed by atoms with E-state index in [-0.39, 0.29) is 23.2 Å². The Labute approximate surface area is 108 Å². The van der Waals surface area contributed by atoms with Crippen LogP contribution in [0.4, 0.5) is 0 Å². The number of carbonyl (C=O) groups excluding carboxylic acids is 2. The van der Waals surface area contributed by atoms with E-state index in [9.17, 15) is 9.59 Å². The number of cyclic esters (lactones) is 1. The molecule has 1 aliphatic carbocycles. The van der Waals surface area contributed by atoms with E-state index in [1.807, 2.05) is 13.0 Å². The summed E-state index contributed by atoms with van der Waals surface area (Å²) in [5, 5.41) is 0. The molecule has 0 saturated heterocycles. The molecule has 3 heteroatoms. The molecule has 0 bridgehead atoms.